The number of hydrogen-bond acceptors (Lipinski definition) is 8. The topological polar surface area (TPSA) is 129 Å². The van der Waals surface area contributed by atoms with Crippen LogP contribution in [0.25, 0.3) is 0 Å². The van der Waals surface area contributed by atoms with Crippen LogP contribution in [0.5, 0.6) is 0 Å². The fourth-order valence-electron chi connectivity index (χ4n) is 3.15. The van der Waals surface area contributed by atoms with Gasteiger partial charge in [0.25, 0.3) is 0 Å². The number of methoxy groups -OCH3 is 1. The van der Waals surface area contributed by atoms with E-state index in [1.54, 1.807) is 31.4 Å². The van der Waals surface area contributed by atoms with Crippen molar-refractivity contribution in [3.05, 3.63) is 41.7 Å². The highest BCUT2D eigenvalue weighted by Crippen LogP contribution is 2.22. The Hall–Kier alpha value is -3.55. The second-order valence-corrected chi connectivity index (χ2v) is 6.96. The number of hydrogen-bond donors (Lipinski definition) is 2. The molecule has 1 aliphatic heterocycles. The van der Waals surface area contributed by atoms with Gasteiger partial charge in [-0.1, -0.05) is 6.07 Å². The van der Waals surface area contributed by atoms with Gasteiger partial charge in [0.2, 0.25) is 0 Å². The SMILES string of the molecule is COCCNc1cc(NC(=O)N(C[C@H]2CCOC2)c2cccc(C=O)n2)ncc1C#N. The van der Waals surface area contributed by atoms with Crippen molar-refractivity contribution in [3.8, 4) is 6.07 Å². The molecule has 1 saturated heterocycles. The number of nitriles is 1. The summed E-state index contributed by atoms with van der Waals surface area (Å²) in [5.41, 5.74) is 1.13. The number of nitrogens with one attached hydrogen (secondary N) is 2. The molecule has 1 aliphatic rings. The Labute approximate surface area is 180 Å². The Morgan fingerprint density at radius 3 is 3.06 bits per heavy atom. The van der Waals surface area contributed by atoms with Crippen molar-refractivity contribution in [1.29, 1.82) is 5.26 Å². The maximum atomic E-state index is 13.1. The second-order valence-electron chi connectivity index (χ2n) is 6.96. The predicted molar refractivity (Wildman–Crippen MR) is 114 cm³/mol. The Bertz CT molecular complexity index is 955. The molecule has 0 unspecified atom stereocenters. The number of ether oxygens (including phenoxy) is 2. The third kappa shape index (κ3) is 5.97. The smallest absolute Gasteiger partial charge is 0.328 e. The normalized spacial score (nSPS) is 15.2. The monoisotopic (exact) mass is 424 g/mol. The number of rotatable bonds is 9. The molecule has 2 aromatic rings. The predicted octanol–water partition coefficient (Wildman–Crippen LogP) is 2.29. The molecule has 0 spiro atoms. The zero-order chi connectivity index (χ0) is 22.1. The van der Waals surface area contributed by atoms with E-state index in [1.165, 1.54) is 11.1 Å². The minimum Gasteiger partial charge on any atom is -0.383 e. The summed E-state index contributed by atoms with van der Waals surface area (Å²) in [6.45, 7) is 2.55. The zero-order valence-corrected chi connectivity index (χ0v) is 17.2. The number of aldehydes is 1. The van der Waals surface area contributed by atoms with E-state index in [4.69, 9.17) is 9.47 Å². The van der Waals surface area contributed by atoms with Crippen LogP contribution in [-0.4, -0.2) is 62.3 Å². The minimum absolute atomic E-state index is 0.160. The van der Waals surface area contributed by atoms with Gasteiger partial charge in [0.1, 0.15) is 23.4 Å². The highest BCUT2D eigenvalue weighted by Gasteiger charge is 2.25. The maximum Gasteiger partial charge on any atom is 0.328 e. The van der Waals surface area contributed by atoms with Gasteiger partial charge in [-0.3, -0.25) is 15.0 Å². The van der Waals surface area contributed by atoms with Crippen LogP contribution in [0.15, 0.2) is 30.5 Å². The first-order valence-corrected chi connectivity index (χ1v) is 9.86. The number of nitrogens with zero attached hydrogens (tertiary/aromatic N) is 4. The van der Waals surface area contributed by atoms with Gasteiger partial charge in [-0.25, -0.2) is 14.8 Å². The van der Waals surface area contributed by atoms with Gasteiger partial charge in [0.05, 0.1) is 24.5 Å². The van der Waals surface area contributed by atoms with Crippen LogP contribution in [0, 0.1) is 17.2 Å². The lowest BCUT2D eigenvalue weighted by molar-refractivity contribution is 0.111. The highest BCUT2D eigenvalue weighted by atomic mass is 16.5. The van der Waals surface area contributed by atoms with E-state index >= 15 is 0 Å². The quantitative estimate of drug-likeness (QED) is 0.463. The van der Waals surface area contributed by atoms with Crippen molar-refractivity contribution in [2.45, 2.75) is 6.42 Å². The molecular weight excluding hydrogens is 400 g/mol. The number of anilines is 3. The first-order valence-electron chi connectivity index (χ1n) is 9.86. The molecule has 0 aliphatic carbocycles. The summed E-state index contributed by atoms with van der Waals surface area (Å²) in [7, 11) is 1.59. The Kier molecular flexibility index (Phi) is 7.86. The van der Waals surface area contributed by atoms with Gasteiger partial charge in [-0.05, 0) is 18.6 Å². The molecule has 2 N–H and O–H groups in total. The molecule has 10 heteroatoms. The number of amides is 2. The van der Waals surface area contributed by atoms with Crippen molar-refractivity contribution in [3.63, 3.8) is 0 Å². The minimum atomic E-state index is -0.442. The number of carbonyl (C=O) groups is 2. The van der Waals surface area contributed by atoms with Crippen LogP contribution < -0.4 is 15.5 Å². The van der Waals surface area contributed by atoms with Crippen molar-refractivity contribution >= 4 is 29.6 Å². The molecule has 3 rings (SSSR count). The van der Waals surface area contributed by atoms with E-state index in [9.17, 15) is 14.9 Å². The van der Waals surface area contributed by atoms with Gasteiger partial charge in [-0.2, -0.15) is 5.26 Å². The van der Waals surface area contributed by atoms with Gasteiger partial charge < -0.3 is 14.8 Å². The van der Waals surface area contributed by atoms with E-state index in [1.807, 2.05) is 0 Å². The Balaban J connectivity index is 1.81. The number of carbonyl (C=O) groups excluding carboxylic acids is 2. The van der Waals surface area contributed by atoms with Crippen LogP contribution >= 0.6 is 0 Å². The van der Waals surface area contributed by atoms with Crippen molar-refractivity contribution in [2.75, 3.05) is 55.6 Å². The molecule has 1 fully saturated rings. The van der Waals surface area contributed by atoms with E-state index in [0.717, 1.165) is 6.42 Å². The molecule has 0 saturated carbocycles. The highest BCUT2D eigenvalue weighted by molar-refractivity contribution is 6.01. The molecule has 10 nitrogen and oxygen atoms in total. The first kappa shape index (κ1) is 22.1. The van der Waals surface area contributed by atoms with Crippen LogP contribution in [0.1, 0.15) is 22.5 Å². The third-order valence-corrected chi connectivity index (χ3v) is 4.74. The lowest BCUT2D eigenvalue weighted by Gasteiger charge is -2.24. The van der Waals surface area contributed by atoms with Crippen molar-refractivity contribution in [1.82, 2.24) is 9.97 Å². The van der Waals surface area contributed by atoms with Crippen molar-refractivity contribution in [2.24, 2.45) is 5.92 Å². The molecular formula is C21H24N6O4. The summed E-state index contributed by atoms with van der Waals surface area (Å²) >= 11 is 0. The van der Waals surface area contributed by atoms with E-state index in [-0.39, 0.29) is 17.4 Å². The summed E-state index contributed by atoms with van der Waals surface area (Å²) in [4.78, 5) is 34.2. The number of aromatic nitrogens is 2. The summed E-state index contributed by atoms with van der Waals surface area (Å²) in [6.07, 6.45) is 2.86. The largest absolute Gasteiger partial charge is 0.383 e. The first-order chi connectivity index (χ1) is 15.1. The Morgan fingerprint density at radius 2 is 2.35 bits per heavy atom. The standard InChI is InChI=1S/C21H24N6O4/c1-30-8-6-23-18-9-19(24-11-16(18)10-22)26-21(29)27(12-15-5-7-31-14-15)20-4-2-3-17(13-28)25-20/h2-4,9,11,13,15H,5-8,12,14H2,1H3,(H2,23,24,26,29)/t15-/m1/s1. The summed E-state index contributed by atoms with van der Waals surface area (Å²) in [5, 5.41) is 15.1. The zero-order valence-electron chi connectivity index (χ0n) is 17.2. The van der Waals surface area contributed by atoms with Crippen LogP contribution in [0.4, 0.5) is 22.1 Å². The van der Waals surface area contributed by atoms with Crippen LogP contribution in [-0.2, 0) is 9.47 Å². The van der Waals surface area contributed by atoms with Gasteiger partial charge in [0, 0.05) is 45.0 Å². The molecule has 3 heterocycles. The molecule has 0 aromatic carbocycles. The van der Waals surface area contributed by atoms with E-state index in [0.29, 0.717) is 56.3 Å². The lowest BCUT2D eigenvalue weighted by Crippen LogP contribution is -2.39. The third-order valence-electron chi connectivity index (χ3n) is 4.74. The summed E-state index contributed by atoms with van der Waals surface area (Å²) in [5.74, 6) is 0.803. The van der Waals surface area contributed by atoms with E-state index in [2.05, 4.69) is 26.7 Å². The fraction of sp³-hybridized carbons (Fsp3) is 0.381. The fourth-order valence-corrected chi connectivity index (χ4v) is 3.15. The van der Waals surface area contributed by atoms with Gasteiger partial charge in [0.15, 0.2) is 6.29 Å². The average molecular weight is 424 g/mol. The molecule has 1 atom stereocenters. The average Bonchev–Trinajstić information content (AvgIpc) is 3.31. The van der Waals surface area contributed by atoms with Crippen molar-refractivity contribution < 1.29 is 19.1 Å². The Morgan fingerprint density at radius 1 is 1.48 bits per heavy atom. The molecule has 2 aromatic heterocycles. The molecule has 0 radical (unpaired) electrons. The van der Waals surface area contributed by atoms with Crippen LogP contribution in [0.2, 0.25) is 0 Å². The second kappa shape index (κ2) is 11.0. The van der Waals surface area contributed by atoms with Crippen LogP contribution in [0.3, 0.4) is 0 Å². The number of urea groups is 1. The van der Waals surface area contributed by atoms with E-state index < -0.39 is 6.03 Å². The number of pyridine rings is 2. The summed E-state index contributed by atoms with van der Waals surface area (Å²) < 4.78 is 10.4. The molecule has 0 bridgehead atoms. The maximum absolute atomic E-state index is 13.1. The summed E-state index contributed by atoms with van der Waals surface area (Å²) in [6, 6.07) is 8.14. The molecule has 2 amide bonds. The van der Waals surface area contributed by atoms with Gasteiger partial charge in [-0.15, -0.1) is 0 Å². The molecule has 162 valence electrons. The van der Waals surface area contributed by atoms with Gasteiger partial charge >= 0.3 is 6.03 Å². The lowest BCUT2D eigenvalue weighted by atomic mass is 10.1. The molecule has 31 heavy (non-hydrogen) atoms.